The van der Waals surface area contributed by atoms with Crippen molar-refractivity contribution in [2.45, 2.75) is 26.5 Å². The van der Waals surface area contributed by atoms with Gasteiger partial charge in [-0.1, -0.05) is 30.3 Å². The number of amidine groups is 1. The van der Waals surface area contributed by atoms with Gasteiger partial charge in [0.25, 0.3) is 0 Å². The van der Waals surface area contributed by atoms with E-state index in [1.807, 2.05) is 43.3 Å². The normalized spacial score (nSPS) is 13.0. The molecule has 3 aromatic rings. The molecule has 3 aromatic carbocycles. The summed E-state index contributed by atoms with van der Waals surface area (Å²) in [5.41, 5.74) is 4.50. The molecule has 7 heteroatoms. The van der Waals surface area contributed by atoms with Gasteiger partial charge in [-0.25, -0.2) is 4.99 Å². The van der Waals surface area contributed by atoms with Crippen molar-refractivity contribution < 1.29 is 18.9 Å². The monoisotopic (exact) mass is 471 g/mol. The number of ether oxygens (including phenoxy) is 4. The molecule has 1 aliphatic rings. The summed E-state index contributed by atoms with van der Waals surface area (Å²) in [5.74, 6) is 3.32. The van der Waals surface area contributed by atoms with Crippen molar-refractivity contribution in [3.63, 3.8) is 0 Å². The summed E-state index contributed by atoms with van der Waals surface area (Å²) in [5, 5.41) is 9.60. The molecule has 1 aliphatic heterocycles. The number of fused-ring (bicyclic) bond motifs is 1. The Kier molecular flexibility index (Phi) is 7.41. The van der Waals surface area contributed by atoms with Crippen molar-refractivity contribution in [2.75, 3.05) is 27.9 Å². The number of hydrogen-bond donors (Lipinski definition) is 0. The van der Waals surface area contributed by atoms with Crippen LogP contribution in [0.25, 0.3) is 0 Å². The maximum Gasteiger partial charge on any atom is 0.162 e. The fourth-order valence-electron chi connectivity index (χ4n) is 4.14. The van der Waals surface area contributed by atoms with Crippen molar-refractivity contribution in [1.82, 2.24) is 4.90 Å². The summed E-state index contributed by atoms with van der Waals surface area (Å²) in [6.45, 7) is 3.94. The predicted molar refractivity (Wildman–Crippen MR) is 135 cm³/mol. The van der Waals surface area contributed by atoms with Crippen LogP contribution in [0, 0.1) is 11.3 Å². The molecule has 0 aromatic heterocycles. The summed E-state index contributed by atoms with van der Waals surface area (Å²) in [6.07, 6.45) is 0.852. The van der Waals surface area contributed by atoms with Gasteiger partial charge in [0.1, 0.15) is 18.5 Å². The summed E-state index contributed by atoms with van der Waals surface area (Å²) < 4.78 is 22.4. The number of nitrogens with zero attached hydrogens (tertiary/aromatic N) is 3. The van der Waals surface area contributed by atoms with Gasteiger partial charge in [0.05, 0.1) is 32.6 Å². The number of benzene rings is 3. The quantitative estimate of drug-likeness (QED) is 0.345. The Bertz CT molecular complexity index is 1270. The van der Waals surface area contributed by atoms with Gasteiger partial charge in [0.2, 0.25) is 0 Å². The predicted octanol–water partition coefficient (Wildman–Crippen LogP) is 5.27. The van der Waals surface area contributed by atoms with Crippen LogP contribution in [0.2, 0.25) is 0 Å². The van der Waals surface area contributed by atoms with E-state index in [1.54, 1.807) is 33.5 Å². The van der Waals surface area contributed by atoms with Crippen molar-refractivity contribution in [2.24, 2.45) is 4.99 Å². The molecule has 35 heavy (non-hydrogen) atoms. The van der Waals surface area contributed by atoms with Gasteiger partial charge in [-0.2, -0.15) is 5.26 Å². The van der Waals surface area contributed by atoms with E-state index >= 15 is 0 Å². The molecule has 0 unspecified atom stereocenters. The number of hydrogen-bond acceptors (Lipinski definition) is 6. The summed E-state index contributed by atoms with van der Waals surface area (Å²) in [7, 11) is 4.77. The second kappa shape index (κ2) is 10.8. The zero-order chi connectivity index (χ0) is 24.8. The Morgan fingerprint density at radius 3 is 2.26 bits per heavy atom. The van der Waals surface area contributed by atoms with E-state index in [0.717, 1.165) is 30.1 Å². The van der Waals surface area contributed by atoms with Crippen LogP contribution in [0.5, 0.6) is 23.0 Å². The average molecular weight is 472 g/mol. The smallest absolute Gasteiger partial charge is 0.162 e. The molecule has 1 heterocycles. The maximum absolute atomic E-state index is 9.60. The molecule has 180 valence electrons. The molecule has 4 rings (SSSR count). The van der Waals surface area contributed by atoms with Gasteiger partial charge in [-0.15, -0.1) is 0 Å². The minimum Gasteiger partial charge on any atom is -0.493 e. The lowest BCUT2D eigenvalue weighted by Crippen LogP contribution is -2.34. The number of rotatable bonds is 7. The van der Waals surface area contributed by atoms with Crippen LogP contribution in [0.3, 0.4) is 0 Å². The highest BCUT2D eigenvalue weighted by molar-refractivity contribution is 5.84. The fourth-order valence-corrected chi connectivity index (χ4v) is 4.14. The van der Waals surface area contributed by atoms with Gasteiger partial charge in [-0.3, -0.25) is 0 Å². The second-order valence-electron chi connectivity index (χ2n) is 8.21. The molecular weight excluding hydrogens is 442 g/mol. The van der Waals surface area contributed by atoms with Crippen LogP contribution < -0.4 is 18.9 Å². The molecule has 0 amide bonds. The van der Waals surface area contributed by atoms with Crippen LogP contribution in [0.1, 0.15) is 29.2 Å². The zero-order valence-corrected chi connectivity index (χ0v) is 20.5. The van der Waals surface area contributed by atoms with E-state index in [4.69, 9.17) is 23.9 Å². The van der Waals surface area contributed by atoms with E-state index in [2.05, 4.69) is 17.0 Å². The minimum absolute atomic E-state index is 0.432. The minimum atomic E-state index is 0.432. The van der Waals surface area contributed by atoms with Crippen molar-refractivity contribution in [3.8, 4) is 29.1 Å². The third-order valence-corrected chi connectivity index (χ3v) is 6.10. The third kappa shape index (κ3) is 5.33. The lowest BCUT2D eigenvalue weighted by atomic mass is 9.98. The Morgan fingerprint density at radius 1 is 0.914 bits per heavy atom. The van der Waals surface area contributed by atoms with Crippen LogP contribution in [-0.2, 0) is 19.6 Å². The van der Waals surface area contributed by atoms with Crippen molar-refractivity contribution in [1.29, 1.82) is 5.26 Å². The first-order chi connectivity index (χ1) is 17.1. The molecule has 0 spiro atoms. The van der Waals surface area contributed by atoms with E-state index in [-0.39, 0.29) is 0 Å². The molecule has 0 aliphatic carbocycles. The second-order valence-corrected chi connectivity index (χ2v) is 8.21. The molecule has 0 fully saturated rings. The zero-order valence-electron chi connectivity index (χ0n) is 20.5. The Hall–Kier alpha value is -4.18. The summed E-state index contributed by atoms with van der Waals surface area (Å²) in [4.78, 5) is 6.96. The molecular formula is C28H29N3O4. The molecule has 7 nitrogen and oxygen atoms in total. The molecule has 0 N–H and O–H groups in total. The highest BCUT2D eigenvalue weighted by Crippen LogP contribution is 2.36. The SMILES string of the molecule is COc1cc(C#N)c(N=C(C)N2CCc3cc(OCc4ccccc4)c(OC)cc3C2)cc1OC. The van der Waals surface area contributed by atoms with Crippen LogP contribution in [0.15, 0.2) is 59.6 Å². The Balaban J connectivity index is 1.55. The lowest BCUT2D eigenvalue weighted by Gasteiger charge is -2.31. The molecule has 0 saturated heterocycles. The fraction of sp³-hybridized carbons (Fsp3) is 0.286. The lowest BCUT2D eigenvalue weighted by molar-refractivity contribution is 0.282. The highest BCUT2D eigenvalue weighted by Gasteiger charge is 2.21. The van der Waals surface area contributed by atoms with Crippen LogP contribution in [0.4, 0.5) is 5.69 Å². The van der Waals surface area contributed by atoms with Gasteiger partial charge in [0, 0.05) is 25.2 Å². The van der Waals surface area contributed by atoms with Gasteiger partial charge in [-0.05, 0) is 42.2 Å². The van der Waals surface area contributed by atoms with E-state index < -0.39 is 0 Å². The number of nitriles is 1. The largest absolute Gasteiger partial charge is 0.493 e. The topological polar surface area (TPSA) is 76.3 Å². The standard InChI is InChI=1S/C28H29N3O4/c1-19(30-24-15-27(34-4)25(32-2)13-22(24)16-29)31-11-10-21-12-28(26(33-3)14-23(21)17-31)35-18-20-8-6-5-7-9-20/h5-9,12-15H,10-11,17-18H2,1-4H3. The van der Waals surface area contributed by atoms with Crippen molar-refractivity contribution >= 4 is 11.5 Å². The Labute approximate surface area is 206 Å². The van der Waals surface area contributed by atoms with Crippen molar-refractivity contribution in [3.05, 3.63) is 76.9 Å². The number of aliphatic imine (C=N–C) groups is 1. The first-order valence-electron chi connectivity index (χ1n) is 11.4. The average Bonchev–Trinajstić information content (AvgIpc) is 2.91. The van der Waals surface area contributed by atoms with E-state index in [0.29, 0.717) is 41.7 Å². The van der Waals surface area contributed by atoms with Crippen LogP contribution >= 0.6 is 0 Å². The third-order valence-electron chi connectivity index (χ3n) is 6.10. The van der Waals surface area contributed by atoms with Crippen LogP contribution in [-0.4, -0.2) is 38.6 Å². The van der Waals surface area contributed by atoms with E-state index in [9.17, 15) is 5.26 Å². The molecule has 0 bridgehead atoms. The first-order valence-corrected chi connectivity index (χ1v) is 11.4. The first kappa shape index (κ1) is 24.0. The Morgan fingerprint density at radius 2 is 1.57 bits per heavy atom. The number of methoxy groups -OCH3 is 3. The molecule has 0 radical (unpaired) electrons. The van der Waals surface area contributed by atoms with Gasteiger partial charge < -0.3 is 23.8 Å². The summed E-state index contributed by atoms with van der Waals surface area (Å²) >= 11 is 0. The highest BCUT2D eigenvalue weighted by atomic mass is 16.5. The summed E-state index contributed by atoms with van der Waals surface area (Å²) in [6, 6.07) is 19.8. The molecule has 0 atom stereocenters. The van der Waals surface area contributed by atoms with E-state index in [1.165, 1.54) is 11.1 Å². The van der Waals surface area contributed by atoms with Gasteiger partial charge >= 0.3 is 0 Å². The maximum atomic E-state index is 9.60. The van der Waals surface area contributed by atoms with Gasteiger partial charge in [0.15, 0.2) is 23.0 Å². The molecule has 0 saturated carbocycles.